The van der Waals surface area contributed by atoms with E-state index in [-0.39, 0.29) is 12.2 Å². The van der Waals surface area contributed by atoms with E-state index in [4.69, 9.17) is 9.84 Å². The van der Waals surface area contributed by atoms with Gasteiger partial charge in [0.1, 0.15) is 0 Å². The van der Waals surface area contributed by atoms with Gasteiger partial charge < -0.3 is 14.7 Å². The smallest absolute Gasteiger partial charge is 0.410 e. The molecule has 0 spiro atoms. The molecule has 0 saturated carbocycles. The number of amides is 1. The van der Waals surface area contributed by atoms with Crippen LogP contribution in [-0.2, 0) is 11.2 Å². The molecular weight excluding hydrogens is 270 g/mol. The SMILES string of the molecule is CC(C)OC(=O)N1CC[C@H](Cc2ccc(C(=O)O)cc2)C1. The van der Waals surface area contributed by atoms with Gasteiger partial charge in [0, 0.05) is 13.1 Å². The molecular formula is C16H21NO4. The number of carbonyl (C=O) groups excluding carboxylic acids is 1. The highest BCUT2D eigenvalue weighted by Crippen LogP contribution is 2.22. The van der Waals surface area contributed by atoms with Crippen LogP contribution in [-0.4, -0.2) is 41.3 Å². The summed E-state index contributed by atoms with van der Waals surface area (Å²) in [5.41, 5.74) is 1.40. The Morgan fingerprint density at radius 3 is 2.57 bits per heavy atom. The molecule has 21 heavy (non-hydrogen) atoms. The third-order valence-electron chi connectivity index (χ3n) is 3.61. The summed E-state index contributed by atoms with van der Waals surface area (Å²) < 4.78 is 5.20. The van der Waals surface area contributed by atoms with Gasteiger partial charge >= 0.3 is 12.1 Å². The van der Waals surface area contributed by atoms with Gasteiger partial charge in [-0.3, -0.25) is 0 Å². The van der Waals surface area contributed by atoms with Gasteiger partial charge in [0.25, 0.3) is 0 Å². The lowest BCUT2D eigenvalue weighted by atomic mass is 9.98. The molecule has 0 aromatic heterocycles. The quantitative estimate of drug-likeness (QED) is 0.926. The molecule has 1 atom stereocenters. The Morgan fingerprint density at radius 2 is 2.00 bits per heavy atom. The van der Waals surface area contributed by atoms with Crippen molar-refractivity contribution in [1.82, 2.24) is 4.90 Å². The summed E-state index contributed by atoms with van der Waals surface area (Å²) in [6.07, 6.45) is 1.47. The molecule has 1 aromatic rings. The lowest BCUT2D eigenvalue weighted by Gasteiger charge is -2.18. The van der Waals surface area contributed by atoms with E-state index >= 15 is 0 Å². The third kappa shape index (κ3) is 4.21. The van der Waals surface area contributed by atoms with E-state index < -0.39 is 5.97 Å². The van der Waals surface area contributed by atoms with Crippen molar-refractivity contribution in [3.63, 3.8) is 0 Å². The van der Waals surface area contributed by atoms with E-state index in [0.29, 0.717) is 18.0 Å². The highest BCUT2D eigenvalue weighted by Gasteiger charge is 2.27. The summed E-state index contributed by atoms with van der Waals surface area (Å²) in [6, 6.07) is 6.94. The van der Waals surface area contributed by atoms with Crippen molar-refractivity contribution in [1.29, 1.82) is 0 Å². The molecule has 0 bridgehead atoms. The molecule has 5 heteroatoms. The van der Waals surface area contributed by atoms with Crippen molar-refractivity contribution >= 4 is 12.1 Å². The van der Waals surface area contributed by atoms with Crippen molar-refractivity contribution in [2.45, 2.75) is 32.8 Å². The Labute approximate surface area is 124 Å². The second-order valence-corrected chi connectivity index (χ2v) is 5.74. The first-order valence-electron chi connectivity index (χ1n) is 7.23. The highest BCUT2D eigenvalue weighted by molar-refractivity contribution is 5.87. The number of carboxylic acid groups (broad SMARTS) is 1. The van der Waals surface area contributed by atoms with Crippen LogP contribution in [0.2, 0.25) is 0 Å². The van der Waals surface area contributed by atoms with Crippen molar-refractivity contribution in [3.05, 3.63) is 35.4 Å². The van der Waals surface area contributed by atoms with Crippen LogP contribution in [0.5, 0.6) is 0 Å². The van der Waals surface area contributed by atoms with E-state index in [2.05, 4.69) is 0 Å². The Hall–Kier alpha value is -2.04. The molecule has 1 amide bonds. The third-order valence-corrected chi connectivity index (χ3v) is 3.61. The lowest BCUT2D eigenvalue weighted by Crippen LogP contribution is -2.31. The Kier molecular flexibility index (Phi) is 4.83. The zero-order valence-electron chi connectivity index (χ0n) is 12.4. The van der Waals surface area contributed by atoms with Crippen LogP contribution in [0.25, 0.3) is 0 Å². The molecule has 2 rings (SSSR count). The van der Waals surface area contributed by atoms with Crippen LogP contribution in [0.15, 0.2) is 24.3 Å². The highest BCUT2D eigenvalue weighted by atomic mass is 16.6. The van der Waals surface area contributed by atoms with E-state index in [1.165, 1.54) is 0 Å². The Balaban J connectivity index is 1.87. The topological polar surface area (TPSA) is 66.8 Å². The number of nitrogens with zero attached hydrogens (tertiary/aromatic N) is 1. The zero-order chi connectivity index (χ0) is 15.4. The summed E-state index contributed by atoms with van der Waals surface area (Å²) >= 11 is 0. The molecule has 1 fully saturated rings. The molecule has 1 N–H and O–H groups in total. The number of hydrogen-bond acceptors (Lipinski definition) is 3. The number of hydrogen-bond donors (Lipinski definition) is 1. The van der Waals surface area contributed by atoms with Gasteiger partial charge in [-0.05, 0) is 50.3 Å². The second-order valence-electron chi connectivity index (χ2n) is 5.74. The average Bonchev–Trinajstić information content (AvgIpc) is 2.87. The summed E-state index contributed by atoms with van der Waals surface area (Å²) in [6.45, 7) is 5.11. The summed E-state index contributed by atoms with van der Waals surface area (Å²) in [4.78, 5) is 24.4. The van der Waals surface area contributed by atoms with E-state index in [1.807, 2.05) is 26.0 Å². The van der Waals surface area contributed by atoms with Crippen LogP contribution in [0.1, 0.15) is 36.2 Å². The monoisotopic (exact) mass is 291 g/mol. The molecule has 1 saturated heterocycles. The Bertz CT molecular complexity index is 510. The fourth-order valence-corrected chi connectivity index (χ4v) is 2.56. The number of benzene rings is 1. The minimum absolute atomic E-state index is 0.0971. The standard InChI is InChI=1S/C16H21NO4/c1-11(2)21-16(20)17-8-7-13(10-17)9-12-3-5-14(6-4-12)15(18)19/h3-6,11,13H,7-10H2,1-2H3,(H,18,19)/t13-/m1/s1. The zero-order valence-corrected chi connectivity index (χ0v) is 12.4. The summed E-state index contributed by atoms with van der Waals surface area (Å²) in [5, 5.41) is 8.87. The molecule has 0 unspecified atom stereocenters. The summed E-state index contributed by atoms with van der Waals surface area (Å²) in [7, 11) is 0. The van der Waals surface area contributed by atoms with Gasteiger partial charge in [-0.1, -0.05) is 12.1 Å². The molecule has 114 valence electrons. The van der Waals surface area contributed by atoms with Crippen molar-refractivity contribution in [3.8, 4) is 0 Å². The maximum absolute atomic E-state index is 11.8. The number of likely N-dealkylation sites (tertiary alicyclic amines) is 1. The van der Waals surface area contributed by atoms with Crippen LogP contribution < -0.4 is 0 Å². The summed E-state index contributed by atoms with van der Waals surface area (Å²) in [5.74, 6) is -0.509. The maximum Gasteiger partial charge on any atom is 0.410 e. The molecule has 1 heterocycles. The predicted octanol–water partition coefficient (Wildman–Crippen LogP) is 2.79. The second kappa shape index (κ2) is 6.61. The number of rotatable bonds is 4. The Morgan fingerprint density at radius 1 is 1.33 bits per heavy atom. The number of ether oxygens (including phenoxy) is 1. The molecule has 1 aromatic carbocycles. The van der Waals surface area contributed by atoms with Crippen LogP contribution >= 0.6 is 0 Å². The van der Waals surface area contributed by atoms with Gasteiger partial charge in [-0.15, -0.1) is 0 Å². The number of carboxylic acids is 1. The average molecular weight is 291 g/mol. The molecule has 0 aliphatic carbocycles. The van der Waals surface area contributed by atoms with Crippen LogP contribution in [0.3, 0.4) is 0 Å². The first kappa shape index (κ1) is 15.4. The fraction of sp³-hybridized carbons (Fsp3) is 0.500. The number of carbonyl (C=O) groups is 2. The maximum atomic E-state index is 11.8. The largest absolute Gasteiger partial charge is 0.478 e. The molecule has 1 aliphatic heterocycles. The first-order valence-corrected chi connectivity index (χ1v) is 7.23. The molecule has 0 radical (unpaired) electrons. The van der Waals surface area contributed by atoms with Gasteiger partial charge in [0.15, 0.2) is 0 Å². The minimum atomic E-state index is -0.912. The lowest BCUT2D eigenvalue weighted by molar-refractivity contribution is 0.0696. The van der Waals surface area contributed by atoms with E-state index in [0.717, 1.165) is 24.9 Å². The first-order chi connectivity index (χ1) is 9.95. The molecule has 5 nitrogen and oxygen atoms in total. The van der Waals surface area contributed by atoms with Gasteiger partial charge in [0.2, 0.25) is 0 Å². The minimum Gasteiger partial charge on any atom is -0.478 e. The number of aromatic carboxylic acids is 1. The normalized spacial score (nSPS) is 18.0. The van der Waals surface area contributed by atoms with Crippen LogP contribution in [0.4, 0.5) is 4.79 Å². The van der Waals surface area contributed by atoms with Crippen molar-refractivity contribution in [2.75, 3.05) is 13.1 Å². The van der Waals surface area contributed by atoms with Crippen molar-refractivity contribution < 1.29 is 19.4 Å². The van der Waals surface area contributed by atoms with Gasteiger partial charge in [-0.2, -0.15) is 0 Å². The van der Waals surface area contributed by atoms with E-state index in [1.54, 1.807) is 17.0 Å². The predicted molar refractivity (Wildman–Crippen MR) is 78.4 cm³/mol. The van der Waals surface area contributed by atoms with E-state index in [9.17, 15) is 9.59 Å². The van der Waals surface area contributed by atoms with Crippen molar-refractivity contribution in [2.24, 2.45) is 5.92 Å². The fourth-order valence-electron chi connectivity index (χ4n) is 2.56. The van der Waals surface area contributed by atoms with Gasteiger partial charge in [0.05, 0.1) is 11.7 Å². The molecule has 1 aliphatic rings. The van der Waals surface area contributed by atoms with Crippen LogP contribution in [0, 0.1) is 5.92 Å². The van der Waals surface area contributed by atoms with Gasteiger partial charge in [-0.25, -0.2) is 9.59 Å².